The Morgan fingerprint density at radius 3 is 2.67 bits per heavy atom. The lowest BCUT2D eigenvalue weighted by Crippen LogP contribution is -2.27. The molecule has 0 saturated heterocycles. The van der Waals surface area contributed by atoms with Gasteiger partial charge in [0.1, 0.15) is 0 Å². The summed E-state index contributed by atoms with van der Waals surface area (Å²) in [5.41, 5.74) is 4.12. The molecule has 3 rings (SSSR count). The van der Waals surface area contributed by atoms with E-state index in [1.165, 1.54) is 11.6 Å². The smallest absolute Gasteiger partial charge is 0.233 e. The molecule has 1 aromatic rings. The van der Waals surface area contributed by atoms with Crippen molar-refractivity contribution in [2.75, 3.05) is 0 Å². The minimum atomic E-state index is -0.390. The first-order valence-electron chi connectivity index (χ1n) is 6.39. The van der Waals surface area contributed by atoms with E-state index in [0.29, 0.717) is 5.56 Å². The van der Waals surface area contributed by atoms with E-state index in [1.54, 1.807) is 6.08 Å². The molecule has 0 radical (unpaired) electrons. The fourth-order valence-corrected chi connectivity index (χ4v) is 2.96. The average molecular weight is 240 g/mol. The Morgan fingerprint density at radius 1 is 1.11 bits per heavy atom. The van der Waals surface area contributed by atoms with Gasteiger partial charge in [0.05, 0.1) is 0 Å². The molecule has 0 bridgehead atoms. The molecule has 0 unspecified atom stereocenters. The molecule has 0 aromatic heterocycles. The third-order valence-corrected chi connectivity index (χ3v) is 4.03. The fourth-order valence-electron chi connectivity index (χ4n) is 2.96. The lowest BCUT2D eigenvalue weighted by molar-refractivity contribution is -0.110. The zero-order valence-electron chi connectivity index (χ0n) is 10.7. The van der Waals surface area contributed by atoms with Crippen molar-refractivity contribution in [1.29, 1.82) is 0 Å². The first kappa shape index (κ1) is 11.4. The first-order chi connectivity index (χ1) is 8.48. The van der Waals surface area contributed by atoms with Crippen LogP contribution in [-0.4, -0.2) is 11.6 Å². The monoisotopic (exact) mass is 240 g/mol. The van der Waals surface area contributed by atoms with Crippen LogP contribution in [0.3, 0.4) is 0 Å². The van der Waals surface area contributed by atoms with E-state index in [4.69, 9.17) is 0 Å². The van der Waals surface area contributed by atoms with E-state index < -0.39 is 0 Å². The highest BCUT2D eigenvalue weighted by Gasteiger charge is 2.32. The van der Waals surface area contributed by atoms with Crippen molar-refractivity contribution in [3.63, 3.8) is 0 Å². The largest absolute Gasteiger partial charge is 0.286 e. The Hall–Kier alpha value is -1.70. The van der Waals surface area contributed by atoms with Gasteiger partial charge >= 0.3 is 0 Å². The standard InChI is InChI=1S/C16H16O2/c1-16(2)8-7-10-3-4-11-5-6-13(17)15(18)14(11)12(10)9-16/h3-6H,7-9H2,1-2H3. The number of fused-ring (bicyclic) bond motifs is 3. The van der Waals surface area contributed by atoms with Crippen LogP contribution in [0.2, 0.25) is 0 Å². The van der Waals surface area contributed by atoms with E-state index in [2.05, 4.69) is 19.9 Å². The van der Waals surface area contributed by atoms with E-state index in [9.17, 15) is 9.59 Å². The van der Waals surface area contributed by atoms with Crippen molar-refractivity contribution in [3.05, 3.63) is 40.5 Å². The van der Waals surface area contributed by atoms with Crippen LogP contribution < -0.4 is 0 Å². The summed E-state index contributed by atoms with van der Waals surface area (Å²) in [6.07, 6.45) is 6.17. The molecular formula is C16H16O2. The van der Waals surface area contributed by atoms with Gasteiger partial charge in [-0.1, -0.05) is 32.1 Å². The molecule has 0 amide bonds. The molecule has 0 N–H and O–H groups in total. The van der Waals surface area contributed by atoms with E-state index in [1.807, 2.05) is 6.07 Å². The zero-order valence-corrected chi connectivity index (χ0v) is 10.7. The Kier molecular flexibility index (Phi) is 2.31. The van der Waals surface area contributed by atoms with Crippen molar-refractivity contribution >= 4 is 17.6 Å². The molecule has 92 valence electrons. The number of Topliss-reactive ketones (excluding diaryl/α,β-unsaturated/α-hetero) is 1. The fraction of sp³-hybridized carbons (Fsp3) is 0.375. The SMILES string of the molecule is CC1(C)CCc2ccc3c(c2C1)C(=O)C(=O)C=C3. The third kappa shape index (κ3) is 1.64. The molecule has 2 aliphatic rings. The summed E-state index contributed by atoms with van der Waals surface area (Å²) in [6.45, 7) is 4.45. The number of hydrogen-bond acceptors (Lipinski definition) is 2. The Morgan fingerprint density at radius 2 is 1.89 bits per heavy atom. The molecule has 2 heteroatoms. The molecule has 0 saturated carbocycles. The van der Waals surface area contributed by atoms with Crippen LogP contribution in [0.1, 0.15) is 47.3 Å². The van der Waals surface area contributed by atoms with Gasteiger partial charge in [-0.2, -0.15) is 0 Å². The van der Waals surface area contributed by atoms with Crippen LogP contribution >= 0.6 is 0 Å². The molecule has 2 nitrogen and oxygen atoms in total. The maximum atomic E-state index is 12.1. The van der Waals surface area contributed by atoms with Gasteiger partial charge < -0.3 is 0 Å². The van der Waals surface area contributed by atoms with Gasteiger partial charge in [-0.15, -0.1) is 0 Å². The summed E-state index contributed by atoms with van der Waals surface area (Å²) in [5.74, 6) is -0.721. The summed E-state index contributed by atoms with van der Waals surface area (Å²) in [5, 5.41) is 0. The minimum absolute atomic E-state index is 0.215. The van der Waals surface area contributed by atoms with Gasteiger partial charge in [-0.25, -0.2) is 0 Å². The number of carbonyl (C=O) groups excluding carboxylic acids is 2. The van der Waals surface area contributed by atoms with Gasteiger partial charge in [0.25, 0.3) is 0 Å². The maximum Gasteiger partial charge on any atom is 0.233 e. The van der Waals surface area contributed by atoms with Crippen molar-refractivity contribution < 1.29 is 9.59 Å². The number of rotatable bonds is 0. The van der Waals surface area contributed by atoms with Gasteiger partial charge in [0, 0.05) is 5.56 Å². The number of ketones is 2. The third-order valence-electron chi connectivity index (χ3n) is 4.03. The number of allylic oxidation sites excluding steroid dienone is 1. The van der Waals surface area contributed by atoms with Crippen LogP contribution in [0.25, 0.3) is 6.08 Å². The predicted octanol–water partition coefficient (Wildman–Crippen LogP) is 2.98. The van der Waals surface area contributed by atoms with Crippen LogP contribution in [0.15, 0.2) is 18.2 Å². The lowest BCUT2D eigenvalue weighted by atomic mass is 9.71. The zero-order chi connectivity index (χ0) is 12.9. The number of carbonyl (C=O) groups is 2. The topological polar surface area (TPSA) is 34.1 Å². The number of hydrogen-bond donors (Lipinski definition) is 0. The highest BCUT2D eigenvalue weighted by molar-refractivity contribution is 6.50. The van der Waals surface area contributed by atoms with Crippen molar-refractivity contribution in [1.82, 2.24) is 0 Å². The molecule has 18 heavy (non-hydrogen) atoms. The minimum Gasteiger partial charge on any atom is -0.286 e. The molecule has 2 aliphatic carbocycles. The molecule has 1 aromatic carbocycles. The molecule has 0 fully saturated rings. The van der Waals surface area contributed by atoms with E-state index in [0.717, 1.165) is 30.4 Å². The molecule has 0 atom stereocenters. The quantitative estimate of drug-likeness (QED) is 0.653. The highest BCUT2D eigenvalue weighted by Crippen LogP contribution is 2.38. The van der Waals surface area contributed by atoms with Crippen LogP contribution in [0.5, 0.6) is 0 Å². The average Bonchev–Trinajstić information content (AvgIpc) is 2.32. The summed E-state index contributed by atoms with van der Waals surface area (Å²) in [4.78, 5) is 23.7. The van der Waals surface area contributed by atoms with Gasteiger partial charge in [-0.3, -0.25) is 9.59 Å². The normalized spacial score (nSPS) is 20.6. The summed E-state index contributed by atoms with van der Waals surface area (Å²) < 4.78 is 0. The Labute approximate surface area is 107 Å². The Bertz CT molecular complexity index is 591. The van der Waals surface area contributed by atoms with Gasteiger partial charge in [0.15, 0.2) is 0 Å². The van der Waals surface area contributed by atoms with Crippen LogP contribution in [0.4, 0.5) is 0 Å². The molecular weight excluding hydrogens is 224 g/mol. The summed E-state index contributed by atoms with van der Waals surface area (Å²) in [7, 11) is 0. The van der Waals surface area contributed by atoms with Crippen molar-refractivity contribution in [2.24, 2.45) is 5.41 Å². The second-order valence-corrected chi connectivity index (χ2v) is 6.04. The summed E-state index contributed by atoms with van der Waals surface area (Å²) >= 11 is 0. The second kappa shape index (κ2) is 3.64. The lowest BCUT2D eigenvalue weighted by Gasteiger charge is -2.33. The highest BCUT2D eigenvalue weighted by atomic mass is 16.2. The van der Waals surface area contributed by atoms with E-state index >= 15 is 0 Å². The molecule has 0 heterocycles. The van der Waals surface area contributed by atoms with E-state index in [-0.39, 0.29) is 17.0 Å². The maximum absolute atomic E-state index is 12.1. The molecule has 0 spiro atoms. The Balaban J connectivity index is 2.22. The number of aryl methyl sites for hydroxylation is 1. The molecule has 0 aliphatic heterocycles. The van der Waals surface area contributed by atoms with Crippen molar-refractivity contribution in [2.45, 2.75) is 33.1 Å². The predicted molar refractivity (Wildman–Crippen MR) is 70.6 cm³/mol. The van der Waals surface area contributed by atoms with Gasteiger partial charge in [0.2, 0.25) is 11.6 Å². The summed E-state index contributed by atoms with van der Waals surface area (Å²) in [6, 6.07) is 4.07. The second-order valence-electron chi connectivity index (χ2n) is 6.04. The number of benzene rings is 1. The van der Waals surface area contributed by atoms with Crippen molar-refractivity contribution in [3.8, 4) is 0 Å². The van der Waals surface area contributed by atoms with Gasteiger partial charge in [-0.05, 0) is 47.4 Å². The first-order valence-corrected chi connectivity index (χ1v) is 6.39. The van der Waals surface area contributed by atoms with Crippen LogP contribution in [-0.2, 0) is 17.6 Å². The van der Waals surface area contributed by atoms with Crippen LogP contribution in [0, 0.1) is 5.41 Å².